The second-order valence-corrected chi connectivity index (χ2v) is 7.69. The first-order valence-corrected chi connectivity index (χ1v) is 10.3. The zero-order valence-corrected chi connectivity index (χ0v) is 18.2. The van der Waals surface area contributed by atoms with Crippen molar-refractivity contribution in [1.82, 2.24) is 9.66 Å². The molecule has 3 aromatic rings. The lowest BCUT2D eigenvalue weighted by atomic mass is 10.2. The molecule has 0 amide bonds. The molecule has 5 nitrogen and oxygen atoms in total. The summed E-state index contributed by atoms with van der Waals surface area (Å²) in [6.45, 7) is 4.59. The zero-order chi connectivity index (χ0) is 19.4. The summed E-state index contributed by atoms with van der Waals surface area (Å²) in [5, 5.41) is 4.97. The van der Waals surface area contributed by atoms with Crippen molar-refractivity contribution in [2.24, 2.45) is 5.10 Å². The van der Waals surface area contributed by atoms with E-state index in [2.05, 4.69) is 48.9 Å². The molecular weight excluding hydrogens is 474 g/mol. The summed E-state index contributed by atoms with van der Waals surface area (Å²) < 4.78 is 8.59. The molecule has 140 valence electrons. The largest absolute Gasteiger partial charge is 0.493 e. The summed E-state index contributed by atoms with van der Waals surface area (Å²) in [6, 6.07) is 11.2. The maximum absolute atomic E-state index is 13.0. The second kappa shape index (κ2) is 8.80. The van der Waals surface area contributed by atoms with E-state index in [9.17, 15) is 4.79 Å². The van der Waals surface area contributed by atoms with Gasteiger partial charge in [-0.25, -0.2) is 4.98 Å². The van der Waals surface area contributed by atoms with Crippen LogP contribution >= 0.6 is 31.9 Å². The van der Waals surface area contributed by atoms with E-state index in [-0.39, 0.29) is 5.56 Å². The van der Waals surface area contributed by atoms with Crippen LogP contribution in [0, 0.1) is 0 Å². The Morgan fingerprint density at radius 3 is 2.70 bits per heavy atom. The molecule has 0 bridgehead atoms. The van der Waals surface area contributed by atoms with Gasteiger partial charge in [0.05, 0.1) is 28.2 Å². The van der Waals surface area contributed by atoms with E-state index in [1.807, 2.05) is 37.3 Å². The van der Waals surface area contributed by atoms with Gasteiger partial charge in [-0.2, -0.15) is 9.78 Å². The van der Waals surface area contributed by atoms with Crippen molar-refractivity contribution in [3.63, 3.8) is 0 Å². The maximum Gasteiger partial charge on any atom is 0.282 e. The minimum absolute atomic E-state index is 0.175. The van der Waals surface area contributed by atoms with Crippen LogP contribution in [0.4, 0.5) is 0 Å². The van der Waals surface area contributed by atoms with Crippen LogP contribution < -0.4 is 10.3 Å². The van der Waals surface area contributed by atoms with E-state index in [0.29, 0.717) is 29.8 Å². The van der Waals surface area contributed by atoms with Crippen LogP contribution in [0.15, 0.2) is 55.2 Å². The van der Waals surface area contributed by atoms with Crippen LogP contribution in [0.3, 0.4) is 0 Å². The fourth-order valence-corrected chi connectivity index (χ4v) is 3.57. The first kappa shape index (κ1) is 19.8. The predicted molar refractivity (Wildman–Crippen MR) is 116 cm³/mol. The van der Waals surface area contributed by atoms with Gasteiger partial charge in [0, 0.05) is 10.9 Å². The molecule has 0 unspecified atom stereocenters. The van der Waals surface area contributed by atoms with Crippen LogP contribution in [0.25, 0.3) is 10.9 Å². The van der Waals surface area contributed by atoms with Crippen LogP contribution in [-0.4, -0.2) is 22.5 Å². The van der Waals surface area contributed by atoms with E-state index in [1.54, 1.807) is 12.3 Å². The normalized spacial score (nSPS) is 11.4. The van der Waals surface area contributed by atoms with E-state index in [4.69, 9.17) is 4.74 Å². The van der Waals surface area contributed by atoms with E-state index in [0.717, 1.165) is 26.7 Å². The lowest BCUT2D eigenvalue weighted by Gasteiger charge is -2.09. The molecule has 0 aliphatic carbocycles. The van der Waals surface area contributed by atoms with Gasteiger partial charge in [0.1, 0.15) is 11.6 Å². The molecule has 7 heteroatoms. The number of hydrogen-bond acceptors (Lipinski definition) is 4. The van der Waals surface area contributed by atoms with Gasteiger partial charge >= 0.3 is 0 Å². The molecule has 0 fully saturated rings. The molecule has 1 heterocycles. The van der Waals surface area contributed by atoms with Crippen molar-refractivity contribution >= 4 is 49.0 Å². The summed E-state index contributed by atoms with van der Waals surface area (Å²) >= 11 is 6.91. The Kier molecular flexibility index (Phi) is 6.44. The van der Waals surface area contributed by atoms with Crippen LogP contribution in [0.5, 0.6) is 5.75 Å². The number of ether oxygens (including phenoxy) is 1. The molecule has 0 saturated heterocycles. The monoisotopic (exact) mass is 491 g/mol. The molecule has 2 aromatic carbocycles. The molecule has 0 atom stereocenters. The fraction of sp³-hybridized carbons (Fsp3) is 0.250. The average molecular weight is 493 g/mol. The number of hydrogen-bond donors (Lipinski definition) is 0. The smallest absolute Gasteiger partial charge is 0.282 e. The van der Waals surface area contributed by atoms with Crippen molar-refractivity contribution in [2.75, 3.05) is 6.61 Å². The van der Waals surface area contributed by atoms with Gasteiger partial charge in [-0.1, -0.05) is 22.9 Å². The van der Waals surface area contributed by atoms with Crippen molar-refractivity contribution in [3.05, 3.63) is 67.1 Å². The first-order valence-electron chi connectivity index (χ1n) is 8.71. The lowest BCUT2D eigenvalue weighted by molar-refractivity contribution is 0.338. The topological polar surface area (TPSA) is 56.5 Å². The van der Waals surface area contributed by atoms with Crippen molar-refractivity contribution in [1.29, 1.82) is 0 Å². The van der Waals surface area contributed by atoms with Crippen LogP contribution in [0.2, 0.25) is 0 Å². The van der Waals surface area contributed by atoms with Crippen LogP contribution in [-0.2, 0) is 6.42 Å². The quantitative estimate of drug-likeness (QED) is 0.447. The minimum atomic E-state index is -0.175. The maximum atomic E-state index is 13.0. The molecule has 0 radical (unpaired) electrons. The highest BCUT2D eigenvalue weighted by molar-refractivity contribution is 9.10. The van der Waals surface area contributed by atoms with Gasteiger partial charge in [0.2, 0.25) is 0 Å². The Bertz CT molecular complexity index is 1060. The average Bonchev–Trinajstić information content (AvgIpc) is 2.64. The Balaban J connectivity index is 2.06. The van der Waals surface area contributed by atoms with Crippen LogP contribution in [0.1, 0.15) is 31.7 Å². The Morgan fingerprint density at radius 1 is 1.19 bits per heavy atom. The number of benzene rings is 2. The van der Waals surface area contributed by atoms with Crippen molar-refractivity contribution < 1.29 is 4.74 Å². The molecular formula is C20H19Br2N3O2. The molecule has 0 N–H and O–H groups in total. The van der Waals surface area contributed by atoms with Crippen molar-refractivity contribution in [3.8, 4) is 5.75 Å². The van der Waals surface area contributed by atoms with E-state index in [1.165, 1.54) is 4.68 Å². The van der Waals surface area contributed by atoms with Gasteiger partial charge < -0.3 is 4.74 Å². The highest BCUT2D eigenvalue weighted by atomic mass is 79.9. The number of halogens is 2. The molecule has 0 aliphatic heterocycles. The summed E-state index contributed by atoms with van der Waals surface area (Å²) in [5.41, 5.74) is 1.36. The lowest BCUT2D eigenvalue weighted by Crippen LogP contribution is -2.22. The van der Waals surface area contributed by atoms with E-state index >= 15 is 0 Å². The molecule has 27 heavy (non-hydrogen) atoms. The number of nitrogens with zero attached hydrogens (tertiary/aromatic N) is 3. The molecule has 1 aromatic heterocycles. The summed E-state index contributed by atoms with van der Waals surface area (Å²) in [6.07, 6.45) is 3.21. The van der Waals surface area contributed by atoms with Gasteiger partial charge in [-0.15, -0.1) is 0 Å². The standard InChI is InChI=1S/C20H19Br2N3O2/c1-3-5-19-24-17-8-7-14(21)11-15(17)20(26)25(19)23-12-13-6-9-18(27-4-2)16(22)10-13/h6-12H,3-5H2,1-2H3. The summed E-state index contributed by atoms with van der Waals surface area (Å²) in [4.78, 5) is 17.6. The predicted octanol–water partition coefficient (Wildman–Crippen LogP) is 5.15. The third-order valence-corrected chi connectivity index (χ3v) is 5.04. The number of aryl methyl sites for hydroxylation is 1. The number of fused-ring (bicyclic) bond motifs is 1. The van der Waals surface area contributed by atoms with Gasteiger partial charge in [0.25, 0.3) is 5.56 Å². The van der Waals surface area contributed by atoms with Gasteiger partial charge in [-0.05, 0) is 71.2 Å². The highest BCUT2D eigenvalue weighted by Crippen LogP contribution is 2.25. The SMILES string of the molecule is CCCc1nc2ccc(Br)cc2c(=O)n1N=Cc1ccc(OCC)c(Br)c1. The number of rotatable bonds is 6. The minimum Gasteiger partial charge on any atom is -0.493 e. The Labute approximate surface area is 174 Å². The fourth-order valence-electron chi connectivity index (χ4n) is 2.69. The zero-order valence-electron chi connectivity index (χ0n) is 15.1. The molecule has 0 saturated carbocycles. The van der Waals surface area contributed by atoms with E-state index < -0.39 is 0 Å². The van der Waals surface area contributed by atoms with Gasteiger partial charge in [0.15, 0.2) is 0 Å². The Morgan fingerprint density at radius 2 is 2.00 bits per heavy atom. The molecule has 0 aliphatic rings. The third-order valence-electron chi connectivity index (χ3n) is 3.93. The first-order chi connectivity index (χ1) is 13.0. The Hall–Kier alpha value is -1.99. The van der Waals surface area contributed by atoms with Crippen molar-refractivity contribution in [2.45, 2.75) is 26.7 Å². The highest BCUT2D eigenvalue weighted by Gasteiger charge is 2.10. The second-order valence-electron chi connectivity index (χ2n) is 5.92. The molecule has 0 spiro atoms. The summed E-state index contributed by atoms with van der Waals surface area (Å²) in [7, 11) is 0. The van der Waals surface area contributed by atoms with Gasteiger partial charge in [-0.3, -0.25) is 4.79 Å². The summed E-state index contributed by atoms with van der Waals surface area (Å²) in [5.74, 6) is 1.43. The molecule has 3 rings (SSSR count). The number of aromatic nitrogens is 2. The third kappa shape index (κ3) is 4.47.